The molecule has 9 heteroatoms. The van der Waals surface area contributed by atoms with Crippen LogP contribution in [-0.4, -0.2) is 48.3 Å². The van der Waals surface area contributed by atoms with E-state index in [-0.39, 0.29) is 11.9 Å². The number of benzene rings is 2. The molecule has 3 aromatic rings. The summed E-state index contributed by atoms with van der Waals surface area (Å²) in [4.78, 5) is 23.4. The minimum absolute atomic E-state index is 0.0637. The molecule has 0 bridgehead atoms. The molecule has 1 unspecified atom stereocenters. The van der Waals surface area contributed by atoms with Crippen molar-refractivity contribution in [1.82, 2.24) is 14.9 Å². The van der Waals surface area contributed by atoms with Gasteiger partial charge in [-0.05, 0) is 36.8 Å². The van der Waals surface area contributed by atoms with Gasteiger partial charge in [-0.3, -0.25) is 9.52 Å². The lowest BCUT2D eigenvalue weighted by Gasteiger charge is -2.17. The van der Waals surface area contributed by atoms with E-state index in [2.05, 4.69) is 26.6 Å². The average molecular weight is 423 g/mol. The molecule has 30 heavy (non-hydrogen) atoms. The molecule has 1 amide bonds. The van der Waals surface area contributed by atoms with Gasteiger partial charge < -0.3 is 10.2 Å². The van der Waals surface area contributed by atoms with E-state index >= 15 is 0 Å². The van der Waals surface area contributed by atoms with Gasteiger partial charge >= 0.3 is 0 Å². The van der Waals surface area contributed by atoms with E-state index in [0.29, 0.717) is 30.3 Å². The molecule has 1 atom stereocenters. The second-order valence-corrected chi connectivity index (χ2v) is 8.65. The first-order chi connectivity index (χ1) is 14.4. The maximum Gasteiger partial charge on any atom is 0.254 e. The highest BCUT2D eigenvalue weighted by Gasteiger charge is 2.27. The number of likely N-dealkylation sites (tertiary alicyclic amines) is 1. The Kier molecular flexibility index (Phi) is 5.37. The average Bonchev–Trinajstić information content (AvgIpc) is 3.22. The normalized spacial score (nSPS) is 16.4. The number of fused-ring (bicyclic) bond motifs is 1. The van der Waals surface area contributed by atoms with E-state index in [1.54, 1.807) is 35.4 Å². The summed E-state index contributed by atoms with van der Waals surface area (Å²) in [5.41, 5.74) is 1.74. The Morgan fingerprint density at radius 1 is 1.17 bits per heavy atom. The number of sulfonamides is 1. The Morgan fingerprint density at radius 3 is 2.70 bits per heavy atom. The van der Waals surface area contributed by atoms with Gasteiger partial charge in [-0.25, -0.2) is 18.4 Å². The van der Waals surface area contributed by atoms with Crippen LogP contribution in [0.4, 0.5) is 11.6 Å². The zero-order chi connectivity index (χ0) is 21.1. The number of nitrogens with zero attached hydrogens (tertiary/aromatic N) is 3. The van der Waals surface area contributed by atoms with Crippen LogP contribution in [0.1, 0.15) is 16.8 Å². The molecule has 1 aliphatic rings. The summed E-state index contributed by atoms with van der Waals surface area (Å²) in [7, 11) is -3.57. The van der Waals surface area contributed by atoms with Crippen molar-refractivity contribution in [2.45, 2.75) is 12.5 Å². The summed E-state index contributed by atoms with van der Waals surface area (Å²) < 4.78 is 25.4. The van der Waals surface area contributed by atoms with Crippen molar-refractivity contribution in [2.24, 2.45) is 0 Å². The molecule has 0 radical (unpaired) electrons. The number of nitrogens with one attached hydrogen (secondary N) is 2. The quantitative estimate of drug-likeness (QED) is 0.632. The lowest BCUT2D eigenvalue weighted by molar-refractivity contribution is 0.0791. The van der Waals surface area contributed by atoms with Gasteiger partial charge in [0, 0.05) is 47.4 Å². The van der Waals surface area contributed by atoms with Crippen LogP contribution in [0.15, 0.2) is 66.7 Å². The Morgan fingerprint density at radius 2 is 1.93 bits per heavy atom. The van der Waals surface area contributed by atoms with Crippen LogP contribution in [-0.2, 0) is 10.0 Å². The summed E-state index contributed by atoms with van der Waals surface area (Å²) >= 11 is 0. The molecule has 4 rings (SSSR count). The molecule has 2 heterocycles. The number of aromatic nitrogens is 2. The molecule has 1 saturated heterocycles. The van der Waals surface area contributed by atoms with Gasteiger partial charge in [0.1, 0.15) is 0 Å². The number of rotatable bonds is 6. The number of hydrogen-bond donors (Lipinski definition) is 2. The second kappa shape index (κ2) is 8.11. The highest BCUT2D eigenvalue weighted by atomic mass is 32.2. The van der Waals surface area contributed by atoms with E-state index in [1.165, 1.54) is 0 Å². The third kappa shape index (κ3) is 4.41. The number of amides is 1. The van der Waals surface area contributed by atoms with Gasteiger partial charge in [0.15, 0.2) is 0 Å². The number of carbonyl (C=O) groups is 1. The fourth-order valence-corrected chi connectivity index (χ4v) is 3.90. The topological polar surface area (TPSA) is 104 Å². The monoisotopic (exact) mass is 423 g/mol. The lowest BCUT2D eigenvalue weighted by atomic mass is 10.2. The maximum absolute atomic E-state index is 12.8. The SMILES string of the molecule is C=CS(=O)(=O)Nc1ccc(C(=O)N2CCC(Nc3ncc4ccccc4n3)C2)cc1. The molecular weight excluding hydrogens is 402 g/mol. The number of carbonyl (C=O) groups excluding carboxylic acids is 1. The Hall–Kier alpha value is -3.46. The molecule has 1 aliphatic heterocycles. The van der Waals surface area contributed by atoms with E-state index in [0.717, 1.165) is 22.7 Å². The van der Waals surface area contributed by atoms with E-state index in [4.69, 9.17) is 0 Å². The zero-order valence-corrected chi connectivity index (χ0v) is 17.0. The molecule has 2 aromatic carbocycles. The molecule has 0 aliphatic carbocycles. The van der Waals surface area contributed by atoms with Crippen molar-refractivity contribution in [2.75, 3.05) is 23.1 Å². The summed E-state index contributed by atoms with van der Waals surface area (Å²) in [5, 5.41) is 5.12. The fourth-order valence-electron chi connectivity index (χ4n) is 3.36. The van der Waals surface area contributed by atoms with Gasteiger partial charge in [0.25, 0.3) is 15.9 Å². The van der Waals surface area contributed by atoms with E-state index < -0.39 is 10.0 Å². The van der Waals surface area contributed by atoms with Crippen molar-refractivity contribution in [3.63, 3.8) is 0 Å². The number of anilines is 2. The molecule has 8 nitrogen and oxygen atoms in total. The highest BCUT2D eigenvalue weighted by molar-refractivity contribution is 7.95. The molecule has 0 saturated carbocycles. The highest BCUT2D eigenvalue weighted by Crippen LogP contribution is 2.19. The van der Waals surface area contributed by atoms with Crippen LogP contribution < -0.4 is 10.0 Å². The first-order valence-electron chi connectivity index (χ1n) is 9.46. The summed E-state index contributed by atoms with van der Waals surface area (Å²) in [5.74, 6) is 0.448. The first kappa shape index (κ1) is 19.8. The molecule has 0 spiro atoms. The Balaban J connectivity index is 1.38. The van der Waals surface area contributed by atoms with Crippen LogP contribution >= 0.6 is 0 Å². The largest absolute Gasteiger partial charge is 0.350 e. The molecular formula is C21H21N5O3S. The Labute approximate surface area is 174 Å². The van der Waals surface area contributed by atoms with E-state index in [9.17, 15) is 13.2 Å². The van der Waals surface area contributed by atoms with Crippen LogP contribution in [0.5, 0.6) is 0 Å². The third-order valence-corrected chi connectivity index (χ3v) is 5.87. The van der Waals surface area contributed by atoms with Gasteiger partial charge in [-0.15, -0.1) is 0 Å². The summed E-state index contributed by atoms with van der Waals surface area (Å²) in [6, 6.07) is 14.2. The van der Waals surface area contributed by atoms with Gasteiger partial charge in [0.2, 0.25) is 5.95 Å². The smallest absolute Gasteiger partial charge is 0.254 e. The predicted octanol–water partition coefficient (Wildman–Crippen LogP) is 2.84. The van der Waals surface area contributed by atoms with Crippen LogP contribution in [0.25, 0.3) is 10.9 Å². The number of para-hydroxylation sites is 1. The lowest BCUT2D eigenvalue weighted by Crippen LogP contribution is -2.31. The second-order valence-electron chi connectivity index (χ2n) is 7.02. The van der Waals surface area contributed by atoms with Crippen molar-refractivity contribution in [3.8, 4) is 0 Å². The van der Waals surface area contributed by atoms with Gasteiger partial charge in [0.05, 0.1) is 5.52 Å². The van der Waals surface area contributed by atoms with Gasteiger partial charge in [-0.2, -0.15) is 0 Å². The summed E-state index contributed by atoms with van der Waals surface area (Å²) in [6.45, 7) is 4.41. The van der Waals surface area contributed by atoms with Crippen molar-refractivity contribution in [3.05, 3.63) is 72.3 Å². The van der Waals surface area contributed by atoms with Crippen LogP contribution in [0, 0.1) is 0 Å². The van der Waals surface area contributed by atoms with Crippen molar-refractivity contribution in [1.29, 1.82) is 0 Å². The minimum atomic E-state index is -3.57. The Bertz CT molecular complexity index is 1190. The predicted molar refractivity (Wildman–Crippen MR) is 117 cm³/mol. The molecule has 2 N–H and O–H groups in total. The summed E-state index contributed by atoms with van der Waals surface area (Å²) in [6.07, 6.45) is 2.57. The molecule has 1 aromatic heterocycles. The zero-order valence-electron chi connectivity index (χ0n) is 16.2. The maximum atomic E-state index is 12.8. The van der Waals surface area contributed by atoms with Gasteiger partial charge in [-0.1, -0.05) is 24.8 Å². The van der Waals surface area contributed by atoms with Crippen LogP contribution in [0.3, 0.4) is 0 Å². The third-order valence-electron chi connectivity index (χ3n) is 4.91. The number of hydrogen-bond acceptors (Lipinski definition) is 6. The molecule has 154 valence electrons. The van der Waals surface area contributed by atoms with Crippen molar-refractivity contribution >= 4 is 38.5 Å². The standard InChI is InChI=1S/C21H21N5O3S/c1-2-30(28,29)25-17-9-7-15(8-10-17)20(27)26-12-11-18(14-26)23-21-22-13-16-5-3-4-6-19(16)24-21/h2-10,13,18,25H,1,11-12,14H2,(H,22,23,24). The molecule has 1 fully saturated rings. The first-order valence-corrected chi connectivity index (χ1v) is 11.0. The van der Waals surface area contributed by atoms with Crippen molar-refractivity contribution < 1.29 is 13.2 Å². The minimum Gasteiger partial charge on any atom is -0.350 e. The van der Waals surface area contributed by atoms with Crippen LogP contribution in [0.2, 0.25) is 0 Å². The fraction of sp³-hybridized carbons (Fsp3) is 0.190. The van der Waals surface area contributed by atoms with E-state index in [1.807, 2.05) is 24.3 Å².